The lowest BCUT2D eigenvalue weighted by atomic mass is 10.0. The minimum absolute atomic E-state index is 0.0913. The Hall–Kier alpha value is -2.17. The van der Waals surface area contributed by atoms with Crippen LogP contribution in [0.25, 0.3) is 11.1 Å². The zero-order valence-corrected chi connectivity index (χ0v) is 14.0. The highest BCUT2D eigenvalue weighted by molar-refractivity contribution is 9.10. The predicted octanol–water partition coefficient (Wildman–Crippen LogP) is 1.91. The van der Waals surface area contributed by atoms with Crippen molar-refractivity contribution in [3.8, 4) is 11.1 Å². The van der Waals surface area contributed by atoms with Crippen molar-refractivity contribution in [2.75, 3.05) is 12.4 Å². The SMILES string of the molecule is Nc1ccc(-c2ccc(Br)c(S(N)(=O)=O)c2C2=NCN=N2)cn1. The highest BCUT2D eigenvalue weighted by Gasteiger charge is 2.26. The summed E-state index contributed by atoms with van der Waals surface area (Å²) in [6.07, 6.45) is 1.54. The van der Waals surface area contributed by atoms with Gasteiger partial charge in [-0.05, 0) is 39.7 Å². The molecule has 1 aromatic carbocycles. The van der Waals surface area contributed by atoms with Gasteiger partial charge in [-0.1, -0.05) is 6.07 Å². The van der Waals surface area contributed by atoms with Crippen molar-refractivity contribution in [3.05, 3.63) is 40.5 Å². The summed E-state index contributed by atoms with van der Waals surface area (Å²) in [5.74, 6) is 0.569. The Morgan fingerprint density at radius 1 is 1.17 bits per heavy atom. The van der Waals surface area contributed by atoms with Gasteiger partial charge in [0, 0.05) is 21.8 Å². The second-order valence-corrected chi connectivity index (χ2v) is 7.03. The summed E-state index contributed by atoms with van der Waals surface area (Å²) in [5.41, 5.74) is 7.12. The smallest absolute Gasteiger partial charge is 0.239 e. The van der Waals surface area contributed by atoms with Crippen LogP contribution < -0.4 is 10.9 Å². The molecule has 0 bridgehead atoms. The van der Waals surface area contributed by atoms with E-state index in [0.29, 0.717) is 21.4 Å². The first-order valence-corrected chi connectivity index (χ1v) is 8.71. The molecule has 0 amide bonds. The number of hydrogen-bond donors (Lipinski definition) is 2. The van der Waals surface area contributed by atoms with E-state index in [1.807, 2.05) is 0 Å². The van der Waals surface area contributed by atoms with E-state index in [1.165, 1.54) is 0 Å². The van der Waals surface area contributed by atoms with Crippen molar-refractivity contribution in [1.29, 1.82) is 0 Å². The molecule has 0 saturated heterocycles. The van der Waals surface area contributed by atoms with Crippen molar-refractivity contribution in [2.24, 2.45) is 20.4 Å². The fraction of sp³-hybridized carbons (Fsp3) is 0.0769. The van der Waals surface area contributed by atoms with Gasteiger partial charge in [0.05, 0.1) is 0 Å². The number of aromatic nitrogens is 1. The number of nitrogens with two attached hydrogens (primary N) is 2. The number of aliphatic imine (C=N–C) groups is 1. The Labute approximate surface area is 140 Å². The Morgan fingerprint density at radius 2 is 1.96 bits per heavy atom. The molecule has 0 unspecified atom stereocenters. The monoisotopic (exact) mass is 394 g/mol. The van der Waals surface area contributed by atoms with Crippen molar-refractivity contribution < 1.29 is 8.42 Å². The first-order chi connectivity index (χ1) is 10.9. The van der Waals surface area contributed by atoms with E-state index in [2.05, 4.69) is 36.1 Å². The number of anilines is 1. The lowest BCUT2D eigenvalue weighted by Gasteiger charge is -2.14. The van der Waals surface area contributed by atoms with Crippen LogP contribution in [-0.2, 0) is 10.0 Å². The summed E-state index contributed by atoms with van der Waals surface area (Å²) in [6, 6.07) is 6.68. The highest BCUT2D eigenvalue weighted by Crippen LogP contribution is 2.35. The second kappa shape index (κ2) is 5.80. The summed E-state index contributed by atoms with van der Waals surface area (Å²) >= 11 is 3.23. The third-order valence-corrected chi connectivity index (χ3v) is 5.08. The Kier molecular flexibility index (Phi) is 3.96. The molecule has 2 heterocycles. The molecule has 4 N–H and O–H groups in total. The average Bonchev–Trinajstić information content (AvgIpc) is 3.00. The van der Waals surface area contributed by atoms with Crippen LogP contribution in [0.15, 0.2) is 55.1 Å². The molecule has 1 aromatic heterocycles. The molecular formula is C13H11BrN6O2S. The van der Waals surface area contributed by atoms with Crippen LogP contribution >= 0.6 is 15.9 Å². The normalized spacial score (nSPS) is 14.1. The molecule has 10 heteroatoms. The molecule has 0 fully saturated rings. The van der Waals surface area contributed by atoms with E-state index >= 15 is 0 Å². The largest absolute Gasteiger partial charge is 0.384 e. The van der Waals surface area contributed by atoms with Gasteiger partial charge in [0.1, 0.15) is 10.7 Å². The van der Waals surface area contributed by atoms with Crippen LogP contribution in [0.1, 0.15) is 5.56 Å². The van der Waals surface area contributed by atoms with E-state index in [-0.39, 0.29) is 23.0 Å². The molecule has 0 radical (unpaired) electrons. The number of nitrogen functional groups attached to an aromatic ring is 1. The first kappa shape index (κ1) is 15.7. The zero-order valence-electron chi connectivity index (χ0n) is 11.6. The highest BCUT2D eigenvalue weighted by atomic mass is 79.9. The number of sulfonamides is 1. The fourth-order valence-corrected chi connectivity index (χ4v) is 4.05. The quantitative estimate of drug-likeness (QED) is 0.820. The third kappa shape index (κ3) is 3.00. The molecule has 0 spiro atoms. The molecule has 0 saturated carbocycles. The molecule has 0 atom stereocenters. The molecule has 3 rings (SSSR count). The van der Waals surface area contributed by atoms with Gasteiger partial charge in [-0.15, -0.1) is 5.11 Å². The van der Waals surface area contributed by atoms with E-state index in [9.17, 15) is 8.42 Å². The maximum atomic E-state index is 12.1. The van der Waals surface area contributed by atoms with Crippen LogP contribution in [0.3, 0.4) is 0 Å². The number of benzene rings is 1. The second-order valence-electron chi connectivity index (χ2n) is 4.68. The van der Waals surface area contributed by atoms with Crippen LogP contribution in [0.2, 0.25) is 0 Å². The summed E-state index contributed by atoms with van der Waals surface area (Å²) in [4.78, 5) is 8.06. The van der Waals surface area contributed by atoms with E-state index in [1.54, 1.807) is 30.5 Å². The van der Waals surface area contributed by atoms with Crippen LogP contribution in [-0.4, -0.2) is 25.9 Å². The van der Waals surface area contributed by atoms with Gasteiger partial charge in [0.15, 0.2) is 12.5 Å². The number of primary sulfonamides is 1. The lowest BCUT2D eigenvalue weighted by Crippen LogP contribution is -2.18. The van der Waals surface area contributed by atoms with Gasteiger partial charge in [-0.2, -0.15) is 5.11 Å². The standard InChI is InChI=1S/C13H11BrN6O2S/c14-9-3-2-8(7-1-4-10(15)17-5-7)11(12(9)23(16,21)22)13-18-6-19-20-13/h1-5H,6H2,(H2,15,17)(H2,16,21,22). The van der Waals surface area contributed by atoms with Crippen LogP contribution in [0.5, 0.6) is 0 Å². The number of hydrogen-bond acceptors (Lipinski definition) is 7. The summed E-state index contributed by atoms with van der Waals surface area (Å²) in [6.45, 7) is 0.144. The minimum Gasteiger partial charge on any atom is -0.384 e. The molecule has 23 heavy (non-hydrogen) atoms. The molecule has 2 aromatic rings. The topological polar surface area (TPSA) is 136 Å². The van der Waals surface area contributed by atoms with Crippen molar-refractivity contribution >= 4 is 37.6 Å². The van der Waals surface area contributed by atoms with Crippen molar-refractivity contribution in [1.82, 2.24) is 4.98 Å². The number of rotatable bonds is 3. The number of amidine groups is 1. The predicted molar refractivity (Wildman–Crippen MR) is 89.4 cm³/mol. The Morgan fingerprint density at radius 3 is 2.52 bits per heavy atom. The molecule has 118 valence electrons. The molecular weight excluding hydrogens is 384 g/mol. The number of nitrogens with zero attached hydrogens (tertiary/aromatic N) is 4. The van der Waals surface area contributed by atoms with Gasteiger partial charge < -0.3 is 5.73 Å². The summed E-state index contributed by atoms with van der Waals surface area (Å²) in [5, 5.41) is 13.1. The summed E-state index contributed by atoms with van der Waals surface area (Å²) in [7, 11) is -4.01. The van der Waals surface area contributed by atoms with E-state index < -0.39 is 10.0 Å². The summed E-state index contributed by atoms with van der Waals surface area (Å²) < 4.78 is 24.4. The minimum atomic E-state index is -4.01. The number of pyridine rings is 1. The van der Waals surface area contributed by atoms with Crippen molar-refractivity contribution in [3.63, 3.8) is 0 Å². The number of halogens is 1. The number of azo groups is 1. The first-order valence-electron chi connectivity index (χ1n) is 6.37. The van der Waals surface area contributed by atoms with Gasteiger partial charge in [-0.3, -0.25) is 0 Å². The maximum Gasteiger partial charge on any atom is 0.239 e. The molecule has 8 nitrogen and oxygen atoms in total. The molecule has 0 aliphatic carbocycles. The fourth-order valence-electron chi connectivity index (χ4n) is 2.22. The molecule has 1 aliphatic rings. The van der Waals surface area contributed by atoms with Gasteiger partial charge >= 0.3 is 0 Å². The third-order valence-electron chi connectivity index (χ3n) is 3.16. The Bertz CT molecular complexity index is 938. The maximum absolute atomic E-state index is 12.1. The van der Waals surface area contributed by atoms with Gasteiger partial charge in [0.2, 0.25) is 10.0 Å². The van der Waals surface area contributed by atoms with Crippen molar-refractivity contribution in [2.45, 2.75) is 4.90 Å². The van der Waals surface area contributed by atoms with Crippen LogP contribution in [0, 0.1) is 0 Å². The van der Waals surface area contributed by atoms with E-state index in [4.69, 9.17) is 10.9 Å². The van der Waals surface area contributed by atoms with Gasteiger partial charge in [0.25, 0.3) is 0 Å². The Balaban J connectivity index is 2.37. The van der Waals surface area contributed by atoms with E-state index in [0.717, 1.165) is 0 Å². The average molecular weight is 395 g/mol. The van der Waals surface area contributed by atoms with Crippen LogP contribution in [0.4, 0.5) is 5.82 Å². The zero-order chi connectivity index (χ0) is 16.6. The van der Waals surface area contributed by atoms with Gasteiger partial charge in [-0.25, -0.2) is 23.5 Å². The lowest BCUT2D eigenvalue weighted by molar-refractivity contribution is 0.597. The molecule has 1 aliphatic heterocycles.